The van der Waals surface area contributed by atoms with Gasteiger partial charge in [-0.3, -0.25) is 0 Å². The first kappa shape index (κ1) is 14.7. The summed E-state index contributed by atoms with van der Waals surface area (Å²) in [5.41, 5.74) is 0.708. The molecule has 1 aromatic heterocycles. The van der Waals surface area contributed by atoms with Gasteiger partial charge in [0.2, 0.25) is 0 Å². The molecule has 0 bridgehead atoms. The van der Waals surface area contributed by atoms with Crippen molar-refractivity contribution in [2.24, 2.45) is 0 Å². The number of H-pyrrole nitrogens is 1. The van der Waals surface area contributed by atoms with Crippen LogP contribution in [0.4, 0.5) is 0 Å². The van der Waals surface area contributed by atoms with Crippen LogP contribution in [0.1, 0.15) is 68.1 Å². The minimum absolute atomic E-state index is 0.223. The molecule has 0 saturated heterocycles. The normalized spacial score (nSPS) is 12.4. The second-order valence-corrected chi connectivity index (χ2v) is 4.22. The molecule has 1 atom stereocenters. The molecule has 5 heteroatoms. The van der Waals surface area contributed by atoms with Crippen LogP contribution in [0.3, 0.4) is 0 Å². The average molecular weight is 254 g/mol. The second-order valence-electron chi connectivity index (χ2n) is 4.22. The number of imidazole rings is 1. The molecule has 5 nitrogen and oxygen atoms in total. The molecule has 18 heavy (non-hydrogen) atoms. The standard InChI is InChI=1S/C13H22N2O3/c1-4-7-9(16)11-12(13(17)18-6-3)15-10(14-11)8-5-2/h9,16H,4-8H2,1-3H3,(H,14,15). The van der Waals surface area contributed by atoms with Crippen LogP contribution in [0.15, 0.2) is 0 Å². The number of aliphatic hydroxyl groups is 1. The monoisotopic (exact) mass is 254 g/mol. The van der Waals surface area contributed by atoms with Gasteiger partial charge in [-0.25, -0.2) is 9.78 Å². The van der Waals surface area contributed by atoms with Gasteiger partial charge >= 0.3 is 5.97 Å². The van der Waals surface area contributed by atoms with Crippen molar-refractivity contribution < 1.29 is 14.6 Å². The lowest BCUT2D eigenvalue weighted by atomic mass is 10.1. The van der Waals surface area contributed by atoms with Gasteiger partial charge in [-0.2, -0.15) is 0 Å². The fourth-order valence-corrected chi connectivity index (χ4v) is 1.81. The number of hydrogen-bond donors (Lipinski definition) is 2. The Balaban J connectivity index is 3.00. The zero-order valence-electron chi connectivity index (χ0n) is 11.3. The third-order valence-corrected chi connectivity index (χ3v) is 2.63. The minimum Gasteiger partial charge on any atom is -0.461 e. The van der Waals surface area contributed by atoms with E-state index < -0.39 is 12.1 Å². The van der Waals surface area contributed by atoms with Crippen molar-refractivity contribution in [1.29, 1.82) is 0 Å². The maximum Gasteiger partial charge on any atom is 0.358 e. The van der Waals surface area contributed by atoms with Crippen LogP contribution in [0, 0.1) is 0 Å². The van der Waals surface area contributed by atoms with Crippen LogP contribution in [0.25, 0.3) is 0 Å². The molecule has 0 aliphatic heterocycles. The molecule has 1 aromatic rings. The van der Waals surface area contributed by atoms with Crippen LogP contribution in [-0.2, 0) is 11.2 Å². The molecule has 102 valence electrons. The molecule has 0 aliphatic rings. The Hall–Kier alpha value is -1.36. The van der Waals surface area contributed by atoms with Crippen molar-refractivity contribution in [3.63, 3.8) is 0 Å². The van der Waals surface area contributed by atoms with Gasteiger partial charge in [0.15, 0.2) is 5.69 Å². The lowest BCUT2D eigenvalue weighted by Gasteiger charge is -2.08. The molecule has 2 N–H and O–H groups in total. The van der Waals surface area contributed by atoms with Crippen LogP contribution in [0.5, 0.6) is 0 Å². The summed E-state index contributed by atoms with van der Waals surface area (Å²) in [6.45, 7) is 6.07. The number of carbonyl (C=O) groups excluding carboxylic acids is 1. The summed E-state index contributed by atoms with van der Waals surface area (Å²) in [5, 5.41) is 10.0. The molecular formula is C13H22N2O3. The SMILES string of the molecule is CCCc1nc(C(=O)OCC)c(C(O)CCC)[nH]1. The summed E-state index contributed by atoms with van der Waals surface area (Å²) in [6, 6.07) is 0. The first-order valence-electron chi connectivity index (χ1n) is 6.57. The van der Waals surface area contributed by atoms with Gasteiger partial charge in [0.05, 0.1) is 18.4 Å². The van der Waals surface area contributed by atoms with Crippen molar-refractivity contribution >= 4 is 5.97 Å². The zero-order valence-corrected chi connectivity index (χ0v) is 11.3. The first-order valence-corrected chi connectivity index (χ1v) is 6.57. The van der Waals surface area contributed by atoms with Crippen molar-refractivity contribution in [2.75, 3.05) is 6.61 Å². The Morgan fingerprint density at radius 3 is 2.67 bits per heavy atom. The molecule has 0 spiro atoms. The van der Waals surface area contributed by atoms with E-state index in [0.29, 0.717) is 18.7 Å². The maximum absolute atomic E-state index is 11.8. The molecule has 1 heterocycles. The van der Waals surface area contributed by atoms with Crippen LogP contribution in [0.2, 0.25) is 0 Å². The van der Waals surface area contributed by atoms with E-state index in [1.165, 1.54) is 0 Å². The number of ether oxygens (including phenoxy) is 1. The fourth-order valence-electron chi connectivity index (χ4n) is 1.81. The molecule has 1 unspecified atom stereocenters. The topological polar surface area (TPSA) is 75.2 Å². The molecular weight excluding hydrogens is 232 g/mol. The van der Waals surface area contributed by atoms with E-state index >= 15 is 0 Å². The highest BCUT2D eigenvalue weighted by Crippen LogP contribution is 2.21. The highest BCUT2D eigenvalue weighted by Gasteiger charge is 2.23. The van der Waals surface area contributed by atoms with Crippen molar-refractivity contribution in [3.05, 3.63) is 17.2 Å². The molecule has 0 fully saturated rings. The van der Waals surface area contributed by atoms with Gasteiger partial charge in [-0.05, 0) is 19.8 Å². The summed E-state index contributed by atoms with van der Waals surface area (Å²) >= 11 is 0. The van der Waals surface area contributed by atoms with Crippen molar-refractivity contribution in [2.45, 2.75) is 52.6 Å². The number of rotatable bonds is 7. The number of esters is 1. The van der Waals surface area contributed by atoms with E-state index in [9.17, 15) is 9.90 Å². The number of aryl methyl sites for hydroxylation is 1. The fraction of sp³-hybridized carbons (Fsp3) is 0.692. The van der Waals surface area contributed by atoms with E-state index in [1.54, 1.807) is 6.92 Å². The number of aromatic nitrogens is 2. The molecule has 0 radical (unpaired) electrons. The van der Waals surface area contributed by atoms with Gasteiger partial charge in [0, 0.05) is 6.42 Å². The third-order valence-electron chi connectivity index (χ3n) is 2.63. The Labute approximate surface area is 108 Å². The van der Waals surface area contributed by atoms with E-state index in [4.69, 9.17) is 4.74 Å². The van der Waals surface area contributed by atoms with E-state index in [-0.39, 0.29) is 5.69 Å². The predicted octanol–water partition coefficient (Wildman–Crippen LogP) is 2.37. The largest absolute Gasteiger partial charge is 0.461 e. The molecule has 0 aliphatic carbocycles. The molecule has 0 saturated carbocycles. The summed E-state index contributed by atoms with van der Waals surface area (Å²) < 4.78 is 4.96. The Bertz CT molecular complexity index is 388. The van der Waals surface area contributed by atoms with Crippen LogP contribution in [-0.4, -0.2) is 27.7 Å². The third kappa shape index (κ3) is 3.57. The van der Waals surface area contributed by atoms with Crippen LogP contribution < -0.4 is 0 Å². The highest BCUT2D eigenvalue weighted by molar-refractivity contribution is 5.88. The molecule has 1 rings (SSSR count). The van der Waals surface area contributed by atoms with E-state index in [1.807, 2.05) is 13.8 Å². The summed E-state index contributed by atoms with van der Waals surface area (Å²) in [4.78, 5) is 19.1. The Morgan fingerprint density at radius 2 is 2.11 bits per heavy atom. The van der Waals surface area contributed by atoms with E-state index in [2.05, 4.69) is 9.97 Å². The average Bonchev–Trinajstić information content (AvgIpc) is 2.74. The number of aliphatic hydroxyl groups excluding tert-OH is 1. The minimum atomic E-state index is -0.687. The van der Waals surface area contributed by atoms with Gasteiger partial charge in [-0.15, -0.1) is 0 Å². The number of aromatic amines is 1. The number of nitrogens with zero attached hydrogens (tertiary/aromatic N) is 1. The smallest absolute Gasteiger partial charge is 0.358 e. The number of carbonyl (C=O) groups is 1. The van der Waals surface area contributed by atoms with Gasteiger partial charge in [0.1, 0.15) is 5.82 Å². The Morgan fingerprint density at radius 1 is 1.39 bits per heavy atom. The summed E-state index contributed by atoms with van der Waals surface area (Å²) in [5.74, 6) is 0.256. The van der Waals surface area contributed by atoms with Crippen molar-refractivity contribution in [1.82, 2.24) is 9.97 Å². The van der Waals surface area contributed by atoms with Gasteiger partial charge < -0.3 is 14.8 Å². The molecule has 0 amide bonds. The predicted molar refractivity (Wildman–Crippen MR) is 68.4 cm³/mol. The lowest BCUT2D eigenvalue weighted by molar-refractivity contribution is 0.0511. The lowest BCUT2D eigenvalue weighted by Crippen LogP contribution is -2.10. The van der Waals surface area contributed by atoms with Crippen LogP contribution >= 0.6 is 0 Å². The number of hydrogen-bond acceptors (Lipinski definition) is 4. The molecule has 0 aromatic carbocycles. The summed E-state index contributed by atoms with van der Waals surface area (Å²) in [6.07, 6.45) is 2.43. The van der Waals surface area contributed by atoms with Gasteiger partial charge in [-0.1, -0.05) is 20.3 Å². The van der Waals surface area contributed by atoms with E-state index in [0.717, 1.165) is 25.1 Å². The first-order chi connectivity index (χ1) is 8.63. The number of nitrogens with one attached hydrogen (secondary N) is 1. The quantitative estimate of drug-likeness (QED) is 0.732. The summed E-state index contributed by atoms with van der Waals surface area (Å²) in [7, 11) is 0. The van der Waals surface area contributed by atoms with Crippen molar-refractivity contribution in [3.8, 4) is 0 Å². The maximum atomic E-state index is 11.8. The zero-order chi connectivity index (χ0) is 13.5. The van der Waals surface area contributed by atoms with Gasteiger partial charge in [0.25, 0.3) is 0 Å². The Kier molecular flexibility index (Phi) is 5.85. The highest BCUT2D eigenvalue weighted by atomic mass is 16.5. The second kappa shape index (κ2) is 7.16.